The van der Waals surface area contributed by atoms with Crippen LogP contribution in [0.15, 0.2) is 66.1 Å². The number of hydrogen-bond donors (Lipinski definition) is 1. The minimum absolute atomic E-state index is 0.132. The average Bonchev–Trinajstić information content (AvgIpc) is 3.20. The monoisotopic (exact) mass is 386 g/mol. The molecule has 2 aromatic carbocycles. The maximum Gasteiger partial charge on any atom is 0.226 e. The fraction of sp³-hybridized carbons (Fsp3) is 0.261. The van der Waals surface area contributed by atoms with Gasteiger partial charge in [0.25, 0.3) is 0 Å². The predicted molar refractivity (Wildman–Crippen MR) is 110 cm³/mol. The Balaban J connectivity index is 1.56. The quantitative estimate of drug-likeness (QED) is 0.737. The van der Waals surface area contributed by atoms with Crippen LogP contribution in [0.2, 0.25) is 0 Å². The number of ketones is 1. The number of Topliss-reactive ketones (excluding diaryl/α,β-unsaturated/α-hetero) is 1. The number of anilines is 1. The Hall–Kier alpha value is -3.41. The number of allylic oxidation sites excluding steroid dienone is 2. The van der Waals surface area contributed by atoms with Crippen LogP contribution >= 0.6 is 0 Å². The highest BCUT2D eigenvalue weighted by Gasteiger charge is 2.39. The number of ether oxygens (including phenoxy) is 1. The molecule has 3 aromatic rings. The number of carbonyl (C=O) groups excluding carboxylic acids is 1. The second-order valence-corrected chi connectivity index (χ2v) is 7.66. The Bertz CT molecular complexity index is 1110. The van der Waals surface area contributed by atoms with Gasteiger partial charge in [-0.15, -0.1) is 0 Å². The molecule has 146 valence electrons. The molecular formula is C23H22N4O2. The van der Waals surface area contributed by atoms with E-state index in [1.807, 2.05) is 35.0 Å². The molecule has 1 aliphatic carbocycles. The summed E-state index contributed by atoms with van der Waals surface area (Å²) in [7, 11) is 1.66. The topological polar surface area (TPSA) is 69.0 Å². The smallest absolute Gasteiger partial charge is 0.226 e. The molecule has 6 heteroatoms. The summed E-state index contributed by atoms with van der Waals surface area (Å²) in [5.41, 5.74) is 5.12. The Kier molecular flexibility index (Phi) is 4.19. The molecule has 1 aromatic heterocycles. The Morgan fingerprint density at radius 2 is 1.93 bits per heavy atom. The molecule has 2 aliphatic rings. The molecule has 0 saturated heterocycles. The number of nitrogens with one attached hydrogen (secondary N) is 1. The number of carbonyl (C=O) groups is 1. The van der Waals surface area contributed by atoms with Crippen LogP contribution in [-0.4, -0.2) is 27.7 Å². The molecule has 0 amide bonds. The van der Waals surface area contributed by atoms with E-state index in [0.717, 1.165) is 40.1 Å². The largest absolute Gasteiger partial charge is 0.497 e. The van der Waals surface area contributed by atoms with E-state index in [0.29, 0.717) is 12.4 Å². The van der Waals surface area contributed by atoms with Crippen molar-refractivity contribution in [3.05, 3.63) is 82.8 Å². The molecule has 2 atom stereocenters. The van der Waals surface area contributed by atoms with Gasteiger partial charge in [0, 0.05) is 17.7 Å². The SMILES string of the molecule is COc1ccc([C@H]2CC(=O)C3=C(C2)Nc2ncnn2[C@@H]3c2cccc(C)c2)cc1. The summed E-state index contributed by atoms with van der Waals surface area (Å²) in [6.45, 7) is 2.06. The van der Waals surface area contributed by atoms with E-state index in [1.54, 1.807) is 7.11 Å². The molecule has 0 fully saturated rings. The summed E-state index contributed by atoms with van der Waals surface area (Å²) < 4.78 is 7.08. The van der Waals surface area contributed by atoms with Crippen molar-refractivity contribution in [2.24, 2.45) is 0 Å². The lowest BCUT2D eigenvalue weighted by molar-refractivity contribution is -0.116. The number of benzene rings is 2. The standard InChI is InChI=1S/C23H22N4O2/c1-14-4-3-5-16(10-14)22-21-19(26-23-24-13-25-27(22)23)11-17(12-20(21)28)15-6-8-18(29-2)9-7-15/h3-10,13,17,22H,11-12H2,1-2H3,(H,24,25,26)/t17-,22-/m1/s1. The van der Waals surface area contributed by atoms with Crippen molar-refractivity contribution < 1.29 is 9.53 Å². The van der Waals surface area contributed by atoms with Crippen LogP contribution in [0, 0.1) is 6.92 Å². The molecule has 0 saturated carbocycles. The van der Waals surface area contributed by atoms with Gasteiger partial charge >= 0.3 is 0 Å². The number of rotatable bonds is 3. The van der Waals surface area contributed by atoms with Crippen molar-refractivity contribution in [2.75, 3.05) is 12.4 Å². The molecule has 1 N–H and O–H groups in total. The van der Waals surface area contributed by atoms with E-state index in [2.05, 4.69) is 40.5 Å². The zero-order valence-corrected chi connectivity index (χ0v) is 16.4. The van der Waals surface area contributed by atoms with Crippen molar-refractivity contribution in [3.8, 4) is 5.75 Å². The van der Waals surface area contributed by atoms with Gasteiger partial charge in [0.1, 0.15) is 18.1 Å². The normalized spacial score (nSPS) is 20.7. The van der Waals surface area contributed by atoms with Crippen molar-refractivity contribution in [1.82, 2.24) is 14.8 Å². The molecule has 29 heavy (non-hydrogen) atoms. The van der Waals surface area contributed by atoms with E-state index in [9.17, 15) is 4.79 Å². The van der Waals surface area contributed by atoms with Gasteiger partial charge in [0.15, 0.2) is 5.78 Å². The highest BCUT2D eigenvalue weighted by atomic mass is 16.5. The van der Waals surface area contributed by atoms with Crippen LogP contribution in [0.3, 0.4) is 0 Å². The van der Waals surface area contributed by atoms with E-state index >= 15 is 0 Å². The third-order valence-corrected chi connectivity index (χ3v) is 5.81. The number of nitrogens with zero attached hydrogens (tertiary/aromatic N) is 3. The van der Waals surface area contributed by atoms with Crippen molar-refractivity contribution in [1.29, 1.82) is 0 Å². The fourth-order valence-corrected chi connectivity index (χ4v) is 4.41. The van der Waals surface area contributed by atoms with Crippen molar-refractivity contribution >= 4 is 11.7 Å². The first-order chi connectivity index (χ1) is 14.1. The summed E-state index contributed by atoms with van der Waals surface area (Å²) in [5.74, 6) is 1.79. The zero-order chi connectivity index (χ0) is 20.0. The van der Waals surface area contributed by atoms with Crippen LogP contribution in [0.5, 0.6) is 5.75 Å². The van der Waals surface area contributed by atoms with Crippen LogP contribution in [0.1, 0.15) is 41.5 Å². The van der Waals surface area contributed by atoms with E-state index in [4.69, 9.17) is 4.74 Å². The van der Waals surface area contributed by atoms with Gasteiger partial charge in [-0.1, -0.05) is 42.0 Å². The Morgan fingerprint density at radius 1 is 1.10 bits per heavy atom. The lowest BCUT2D eigenvalue weighted by Gasteiger charge is -2.35. The number of methoxy groups -OCH3 is 1. The zero-order valence-electron chi connectivity index (χ0n) is 16.4. The minimum Gasteiger partial charge on any atom is -0.497 e. The first-order valence-electron chi connectivity index (χ1n) is 9.77. The first kappa shape index (κ1) is 17.7. The number of hydrogen-bond acceptors (Lipinski definition) is 5. The molecule has 0 bridgehead atoms. The summed E-state index contributed by atoms with van der Waals surface area (Å²) in [5, 5.41) is 7.78. The number of aryl methyl sites for hydroxylation is 1. The van der Waals surface area contributed by atoms with E-state index in [-0.39, 0.29) is 17.7 Å². The fourth-order valence-electron chi connectivity index (χ4n) is 4.41. The number of aromatic nitrogens is 3. The van der Waals surface area contributed by atoms with Gasteiger partial charge in [-0.3, -0.25) is 4.79 Å². The lowest BCUT2D eigenvalue weighted by atomic mass is 9.78. The first-order valence-corrected chi connectivity index (χ1v) is 9.77. The van der Waals surface area contributed by atoms with E-state index < -0.39 is 0 Å². The Labute approximate surface area is 169 Å². The second-order valence-electron chi connectivity index (χ2n) is 7.66. The second kappa shape index (κ2) is 6.88. The maximum absolute atomic E-state index is 13.4. The van der Waals surface area contributed by atoms with Crippen molar-refractivity contribution in [3.63, 3.8) is 0 Å². The van der Waals surface area contributed by atoms with Gasteiger partial charge in [0.2, 0.25) is 5.95 Å². The average molecular weight is 386 g/mol. The molecule has 2 heterocycles. The molecule has 0 unspecified atom stereocenters. The maximum atomic E-state index is 13.4. The predicted octanol–water partition coefficient (Wildman–Crippen LogP) is 4.01. The molecular weight excluding hydrogens is 364 g/mol. The summed E-state index contributed by atoms with van der Waals surface area (Å²) in [4.78, 5) is 17.7. The van der Waals surface area contributed by atoms with Gasteiger partial charge in [0.05, 0.1) is 7.11 Å². The summed E-state index contributed by atoms with van der Waals surface area (Å²) >= 11 is 0. The van der Waals surface area contributed by atoms with Crippen LogP contribution in [0.4, 0.5) is 5.95 Å². The minimum atomic E-state index is -0.243. The summed E-state index contributed by atoms with van der Waals surface area (Å²) in [6, 6.07) is 16.0. The van der Waals surface area contributed by atoms with E-state index in [1.165, 1.54) is 6.33 Å². The molecule has 6 nitrogen and oxygen atoms in total. The van der Waals surface area contributed by atoms with Crippen LogP contribution in [-0.2, 0) is 4.79 Å². The highest BCUT2D eigenvalue weighted by Crippen LogP contribution is 2.44. The van der Waals surface area contributed by atoms with Gasteiger partial charge in [-0.25, -0.2) is 4.68 Å². The van der Waals surface area contributed by atoms with Gasteiger partial charge in [-0.05, 0) is 42.5 Å². The van der Waals surface area contributed by atoms with Crippen LogP contribution < -0.4 is 10.1 Å². The van der Waals surface area contributed by atoms with Crippen LogP contribution in [0.25, 0.3) is 0 Å². The molecule has 0 spiro atoms. The third-order valence-electron chi connectivity index (χ3n) is 5.81. The molecule has 5 rings (SSSR count). The number of fused-ring (bicyclic) bond motifs is 1. The molecule has 0 radical (unpaired) electrons. The molecule has 1 aliphatic heterocycles. The Morgan fingerprint density at radius 3 is 2.69 bits per heavy atom. The highest BCUT2D eigenvalue weighted by molar-refractivity contribution is 6.00. The third kappa shape index (κ3) is 3.01. The summed E-state index contributed by atoms with van der Waals surface area (Å²) in [6.07, 6.45) is 2.79. The van der Waals surface area contributed by atoms with Crippen molar-refractivity contribution in [2.45, 2.75) is 31.7 Å². The lowest BCUT2D eigenvalue weighted by Crippen LogP contribution is -2.33. The van der Waals surface area contributed by atoms with Gasteiger partial charge in [-0.2, -0.15) is 10.1 Å². The van der Waals surface area contributed by atoms with Gasteiger partial charge < -0.3 is 10.1 Å².